The summed E-state index contributed by atoms with van der Waals surface area (Å²) in [4.78, 5) is 55.8. The third-order valence-electron chi connectivity index (χ3n) is 9.61. The predicted molar refractivity (Wildman–Crippen MR) is 134 cm³/mol. The number of nitrogens with zero attached hydrogens (tertiary/aromatic N) is 3. The maximum atomic E-state index is 12.7. The Kier molecular flexibility index (Phi) is 8.46. The molecule has 8 atom stereocenters. The normalized spacial score (nSPS) is 37.9. The van der Waals surface area contributed by atoms with Crippen LogP contribution in [0.25, 0.3) is 0 Å². The molecule has 218 valence electrons. The van der Waals surface area contributed by atoms with Crippen LogP contribution in [0.15, 0.2) is 0 Å². The molecule has 0 aromatic carbocycles. The average molecular weight is 551 g/mol. The SMILES string of the molecule is COC(=O)C1C(C(=O)N2CCN(C)CC2)[C@@H]2CC[C@H]1O2.C[NH+]1CCN(C(=O)C2C(C(=O)[O-])[C@H]3CC[C@@H]2O3)CC1. The van der Waals surface area contributed by atoms with Crippen LogP contribution in [0.2, 0.25) is 0 Å². The molecule has 0 spiro atoms. The fraction of sp³-hybridized carbons (Fsp3) is 0.852. The van der Waals surface area contributed by atoms with Gasteiger partial charge in [0.05, 0.1) is 82.5 Å². The van der Waals surface area contributed by atoms with Crippen molar-refractivity contribution < 1.29 is 43.4 Å². The molecule has 0 aromatic rings. The highest BCUT2D eigenvalue weighted by molar-refractivity contribution is 5.87. The van der Waals surface area contributed by atoms with E-state index in [-0.39, 0.29) is 48.1 Å². The Labute approximate surface area is 229 Å². The van der Waals surface area contributed by atoms with Gasteiger partial charge in [0.15, 0.2) is 0 Å². The molecule has 0 saturated carbocycles. The molecule has 0 aromatic heterocycles. The maximum absolute atomic E-state index is 12.7. The summed E-state index contributed by atoms with van der Waals surface area (Å²) in [5.41, 5.74) is 0. The van der Waals surface area contributed by atoms with Gasteiger partial charge in [-0.15, -0.1) is 0 Å². The van der Waals surface area contributed by atoms with Crippen molar-refractivity contribution in [2.45, 2.75) is 50.1 Å². The smallest absolute Gasteiger partial charge is 0.312 e. The molecule has 6 rings (SSSR count). The van der Waals surface area contributed by atoms with E-state index in [1.165, 1.54) is 12.0 Å². The first-order valence-electron chi connectivity index (χ1n) is 14.4. The van der Waals surface area contributed by atoms with Crippen LogP contribution in [0.4, 0.5) is 0 Å². The number of carboxylic acid groups (broad SMARTS) is 1. The molecule has 1 N–H and O–H groups in total. The van der Waals surface area contributed by atoms with E-state index in [2.05, 4.69) is 19.0 Å². The van der Waals surface area contributed by atoms with E-state index >= 15 is 0 Å². The van der Waals surface area contributed by atoms with Crippen LogP contribution >= 0.6 is 0 Å². The van der Waals surface area contributed by atoms with E-state index in [4.69, 9.17) is 14.2 Å². The van der Waals surface area contributed by atoms with Gasteiger partial charge in [-0.3, -0.25) is 14.4 Å². The molecule has 39 heavy (non-hydrogen) atoms. The van der Waals surface area contributed by atoms with Gasteiger partial charge in [0, 0.05) is 38.1 Å². The van der Waals surface area contributed by atoms with Gasteiger partial charge in [0.2, 0.25) is 11.8 Å². The lowest BCUT2D eigenvalue weighted by molar-refractivity contribution is -0.883. The van der Waals surface area contributed by atoms with Gasteiger partial charge in [-0.05, 0) is 32.7 Å². The summed E-state index contributed by atoms with van der Waals surface area (Å²) >= 11 is 0. The van der Waals surface area contributed by atoms with Crippen molar-refractivity contribution in [2.24, 2.45) is 23.7 Å². The number of ether oxygens (including phenoxy) is 3. The summed E-state index contributed by atoms with van der Waals surface area (Å²) in [6.45, 7) is 6.49. The highest BCUT2D eigenvalue weighted by Gasteiger charge is 2.57. The van der Waals surface area contributed by atoms with Crippen molar-refractivity contribution in [3.05, 3.63) is 0 Å². The van der Waals surface area contributed by atoms with Crippen molar-refractivity contribution in [3.63, 3.8) is 0 Å². The van der Waals surface area contributed by atoms with Gasteiger partial charge >= 0.3 is 5.97 Å². The number of likely N-dealkylation sites (N-methyl/N-ethyl adjacent to an activating group) is 2. The third-order valence-corrected chi connectivity index (χ3v) is 9.61. The minimum absolute atomic E-state index is 0.0473. The van der Waals surface area contributed by atoms with Crippen molar-refractivity contribution in [3.8, 4) is 0 Å². The number of carboxylic acids is 1. The van der Waals surface area contributed by atoms with E-state index in [1.54, 1.807) is 4.90 Å². The number of nitrogens with one attached hydrogen (secondary N) is 1. The summed E-state index contributed by atoms with van der Waals surface area (Å²) in [6, 6.07) is 0. The summed E-state index contributed by atoms with van der Waals surface area (Å²) in [5, 5.41) is 11.3. The number of esters is 1. The summed E-state index contributed by atoms with van der Waals surface area (Å²) in [7, 11) is 5.54. The quantitative estimate of drug-likeness (QED) is 0.356. The maximum Gasteiger partial charge on any atom is 0.312 e. The van der Waals surface area contributed by atoms with Gasteiger partial charge in [0.1, 0.15) is 0 Å². The van der Waals surface area contributed by atoms with Gasteiger partial charge in [-0.25, -0.2) is 0 Å². The third kappa shape index (κ3) is 5.53. The van der Waals surface area contributed by atoms with E-state index in [9.17, 15) is 24.3 Å². The van der Waals surface area contributed by atoms with Crippen LogP contribution in [0.1, 0.15) is 25.7 Å². The molecular weight excluding hydrogens is 508 g/mol. The molecule has 6 heterocycles. The second kappa shape index (κ2) is 11.7. The fourth-order valence-corrected chi connectivity index (χ4v) is 7.28. The van der Waals surface area contributed by atoms with E-state index < -0.39 is 23.7 Å². The van der Waals surface area contributed by atoms with Gasteiger partial charge in [-0.2, -0.15) is 0 Å². The molecule has 2 amide bonds. The molecule has 12 nitrogen and oxygen atoms in total. The Morgan fingerprint density at radius 1 is 0.718 bits per heavy atom. The van der Waals surface area contributed by atoms with E-state index in [0.717, 1.165) is 65.0 Å². The van der Waals surface area contributed by atoms with Crippen LogP contribution in [-0.4, -0.2) is 136 Å². The molecule has 4 unspecified atom stereocenters. The summed E-state index contributed by atoms with van der Waals surface area (Å²) in [6.07, 6.45) is 2.50. The first-order valence-corrected chi connectivity index (χ1v) is 14.4. The zero-order chi connectivity index (χ0) is 27.8. The second-order valence-electron chi connectivity index (χ2n) is 11.9. The zero-order valence-electron chi connectivity index (χ0n) is 23.2. The Bertz CT molecular complexity index is 948. The highest BCUT2D eigenvalue weighted by Crippen LogP contribution is 2.45. The average Bonchev–Trinajstić information content (AvgIpc) is 3.74. The Hall–Kier alpha value is -2.28. The Morgan fingerprint density at radius 2 is 1.15 bits per heavy atom. The zero-order valence-corrected chi connectivity index (χ0v) is 23.2. The van der Waals surface area contributed by atoms with Crippen molar-refractivity contribution in [1.82, 2.24) is 14.7 Å². The van der Waals surface area contributed by atoms with Crippen LogP contribution in [0, 0.1) is 23.7 Å². The number of carbonyl (C=O) groups excluding carboxylic acids is 4. The lowest BCUT2D eigenvalue weighted by Crippen LogP contribution is -3.12. The molecule has 6 aliphatic rings. The van der Waals surface area contributed by atoms with Crippen LogP contribution < -0.4 is 10.0 Å². The number of aliphatic carboxylic acids is 1. The fourth-order valence-electron chi connectivity index (χ4n) is 7.28. The number of amides is 2. The topological polar surface area (TPSA) is 133 Å². The number of fused-ring (bicyclic) bond motifs is 4. The Morgan fingerprint density at radius 3 is 1.64 bits per heavy atom. The monoisotopic (exact) mass is 550 g/mol. The number of piperazine rings is 2. The lowest BCUT2D eigenvalue weighted by atomic mass is 9.78. The molecule has 6 saturated heterocycles. The second-order valence-corrected chi connectivity index (χ2v) is 11.9. The minimum atomic E-state index is -1.13. The lowest BCUT2D eigenvalue weighted by Gasteiger charge is -2.36. The first kappa shape index (κ1) is 28.3. The molecule has 4 bridgehead atoms. The minimum Gasteiger partial charge on any atom is -0.550 e. The molecule has 12 heteroatoms. The van der Waals surface area contributed by atoms with Crippen molar-refractivity contribution in [1.29, 1.82) is 0 Å². The molecule has 6 fully saturated rings. The number of quaternary nitrogens is 1. The molecule has 0 radical (unpaired) electrons. The van der Waals surface area contributed by atoms with Gasteiger partial charge in [0.25, 0.3) is 0 Å². The van der Waals surface area contributed by atoms with E-state index in [0.29, 0.717) is 13.1 Å². The summed E-state index contributed by atoms with van der Waals surface area (Å²) < 4.78 is 16.3. The largest absolute Gasteiger partial charge is 0.550 e. The van der Waals surface area contributed by atoms with Crippen molar-refractivity contribution in [2.75, 3.05) is 73.6 Å². The number of carbonyl (C=O) groups is 4. The van der Waals surface area contributed by atoms with Crippen molar-refractivity contribution >= 4 is 23.8 Å². The standard InChI is InChI=1S/C14H22N2O4.C13H20N2O4/c1-15-5-7-16(8-6-15)13(17)11-9-3-4-10(20-9)12(11)14(18)19-2;1-14-4-6-15(7-5-14)12(16)10-8-2-3-9(19-8)11(10)13(17)18/h9-12H,3-8H2,1-2H3;8-11H,2-7H2,1H3,(H,17,18)/t9-,10+,11?,12?;8-,9+,10?,11?/m00/s1. The number of hydrogen-bond donors (Lipinski definition) is 1. The van der Waals surface area contributed by atoms with Gasteiger partial charge < -0.3 is 43.7 Å². The number of rotatable bonds is 4. The number of methoxy groups -OCH3 is 1. The first-order chi connectivity index (χ1) is 18.7. The molecular formula is C27H42N4O8. The van der Waals surface area contributed by atoms with Crippen LogP contribution in [0.5, 0.6) is 0 Å². The van der Waals surface area contributed by atoms with Crippen LogP contribution in [-0.2, 0) is 33.4 Å². The van der Waals surface area contributed by atoms with Gasteiger partial charge in [-0.1, -0.05) is 0 Å². The number of hydrogen-bond acceptors (Lipinski definition) is 9. The van der Waals surface area contributed by atoms with E-state index in [1.807, 2.05) is 4.90 Å². The molecule has 6 aliphatic heterocycles. The van der Waals surface area contributed by atoms with Crippen LogP contribution in [0.3, 0.4) is 0 Å². The summed E-state index contributed by atoms with van der Waals surface area (Å²) in [5.74, 6) is -3.44. The molecule has 0 aliphatic carbocycles. The Balaban J connectivity index is 0.000000158. The predicted octanol–water partition coefficient (Wildman–Crippen LogP) is -3.39. The highest BCUT2D eigenvalue weighted by atomic mass is 16.5.